The molecule has 0 saturated carbocycles. The average Bonchev–Trinajstić information content (AvgIpc) is 2.96. The molecule has 5 nitrogen and oxygen atoms in total. The van der Waals surface area contributed by atoms with Crippen LogP contribution in [0.5, 0.6) is 0 Å². The van der Waals surface area contributed by atoms with Crippen molar-refractivity contribution in [2.24, 2.45) is 5.92 Å². The number of hydrogen-bond acceptors (Lipinski definition) is 4. The Morgan fingerprint density at radius 2 is 2.29 bits per heavy atom. The van der Waals surface area contributed by atoms with Gasteiger partial charge in [-0.15, -0.1) is 10.2 Å². The van der Waals surface area contributed by atoms with E-state index >= 15 is 0 Å². The van der Waals surface area contributed by atoms with Crippen molar-refractivity contribution >= 4 is 17.7 Å². The van der Waals surface area contributed by atoms with Gasteiger partial charge in [-0.05, 0) is 25.0 Å². The van der Waals surface area contributed by atoms with Crippen molar-refractivity contribution in [3.63, 3.8) is 0 Å². The summed E-state index contributed by atoms with van der Waals surface area (Å²) in [6, 6.07) is 0. The van der Waals surface area contributed by atoms with Crippen LogP contribution in [-0.2, 0) is 17.8 Å². The van der Waals surface area contributed by atoms with E-state index in [0.29, 0.717) is 18.1 Å². The zero-order chi connectivity index (χ0) is 11.8. The summed E-state index contributed by atoms with van der Waals surface area (Å²) in [5.74, 6) is 2.12. The molecular weight excluding hydrogens is 238 g/mol. The molecule has 2 atom stereocenters. The Labute approximate surface area is 104 Å². The molecule has 2 aliphatic heterocycles. The van der Waals surface area contributed by atoms with Crippen LogP contribution in [0.3, 0.4) is 0 Å². The first-order chi connectivity index (χ1) is 8.25. The molecule has 2 aliphatic rings. The molecule has 0 aliphatic carbocycles. The molecule has 1 aromatic rings. The van der Waals surface area contributed by atoms with E-state index in [1.165, 1.54) is 18.6 Å². The number of rotatable bonds is 2. The molecule has 1 N–H and O–H groups in total. The maximum atomic E-state index is 11.0. The Morgan fingerprint density at radius 1 is 1.41 bits per heavy atom. The normalized spacial score (nSPS) is 28.0. The Morgan fingerprint density at radius 3 is 3.00 bits per heavy atom. The second-order valence-electron chi connectivity index (χ2n) is 4.66. The van der Waals surface area contributed by atoms with E-state index in [4.69, 9.17) is 5.11 Å². The molecule has 6 heteroatoms. The van der Waals surface area contributed by atoms with Crippen LogP contribution in [0.15, 0.2) is 0 Å². The Hall–Kier alpha value is -1.04. The van der Waals surface area contributed by atoms with Crippen molar-refractivity contribution in [2.75, 3.05) is 5.75 Å². The maximum Gasteiger partial charge on any atom is 0.307 e. The summed E-state index contributed by atoms with van der Waals surface area (Å²) in [4.78, 5) is 11.0. The van der Waals surface area contributed by atoms with E-state index < -0.39 is 5.97 Å². The monoisotopic (exact) mass is 253 g/mol. The topological polar surface area (TPSA) is 68.0 Å². The molecule has 17 heavy (non-hydrogen) atoms. The minimum Gasteiger partial charge on any atom is -0.481 e. The van der Waals surface area contributed by atoms with Gasteiger partial charge in [0.2, 0.25) is 0 Å². The quantitative estimate of drug-likeness (QED) is 0.865. The number of nitrogens with zero attached hydrogens (tertiary/aromatic N) is 3. The summed E-state index contributed by atoms with van der Waals surface area (Å²) in [7, 11) is 0. The summed E-state index contributed by atoms with van der Waals surface area (Å²) < 4.78 is 2.14. The SMILES string of the molecule is O=C(O)C1CCn2c(nnc2C2CCCS2)C1. The van der Waals surface area contributed by atoms with Crippen LogP contribution in [0.25, 0.3) is 0 Å². The lowest BCUT2D eigenvalue weighted by Crippen LogP contribution is -2.26. The van der Waals surface area contributed by atoms with Crippen LogP contribution >= 0.6 is 11.8 Å². The van der Waals surface area contributed by atoms with Crippen molar-refractivity contribution in [1.82, 2.24) is 14.8 Å². The molecule has 3 heterocycles. The molecule has 0 spiro atoms. The highest BCUT2D eigenvalue weighted by molar-refractivity contribution is 7.99. The highest BCUT2D eigenvalue weighted by Gasteiger charge is 2.30. The van der Waals surface area contributed by atoms with E-state index in [9.17, 15) is 4.79 Å². The minimum absolute atomic E-state index is 0.282. The first-order valence-electron chi connectivity index (χ1n) is 6.02. The minimum atomic E-state index is -0.712. The second-order valence-corrected chi connectivity index (χ2v) is 5.97. The first-order valence-corrected chi connectivity index (χ1v) is 7.07. The van der Waals surface area contributed by atoms with E-state index in [-0.39, 0.29) is 5.92 Å². The van der Waals surface area contributed by atoms with Gasteiger partial charge in [0, 0.05) is 13.0 Å². The Bertz CT molecular complexity index is 440. The van der Waals surface area contributed by atoms with Crippen LogP contribution in [0.2, 0.25) is 0 Å². The van der Waals surface area contributed by atoms with Crippen LogP contribution in [-0.4, -0.2) is 31.6 Å². The van der Waals surface area contributed by atoms with Crippen molar-refractivity contribution in [3.8, 4) is 0 Å². The Balaban J connectivity index is 1.84. The predicted molar refractivity (Wildman–Crippen MR) is 63.9 cm³/mol. The predicted octanol–water partition coefficient (Wildman–Crippen LogP) is 1.49. The highest BCUT2D eigenvalue weighted by Crippen LogP contribution is 2.39. The fraction of sp³-hybridized carbons (Fsp3) is 0.727. The molecule has 1 aromatic heterocycles. The van der Waals surface area contributed by atoms with Gasteiger partial charge in [-0.2, -0.15) is 11.8 Å². The van der Waals surface area contributed by atoms with Gasteiger partial charge in [-0.3, -0.25) is 4.79 Å². The fourth-order valence-corrected chi connectivity index (χ4v) is 3.86. The summed E-state index contributed by atoms with van der Waals surface area (Å²) in [5.41, 5.74) is 0. The zero-order valence-electron chi connectivity index (χ0n) is 9.50. The number of aliphatic carboxylic acids is 1. The highest BCUT2D eigenvalue weighted by atomic mass is 32.2. The summed E-state index contributed by atoms with van der Waals surface area (Å²) in [6.07, 6.45) is 3.64. The van der Waals surface area contributed by atoms with Crippen molar-refractivity contribution in [3.05, 3.63) is 11.6 Å². The molecule has 0 radical (unpaired) electrons. The number of carbonyl (C=O) groups is 1. The van der Waals surface area contributed by atoms with Crippen molar-refractivity contribution in [2.45, 2.75) is 37.5 Å². The van der Waals surface area contributed by atoms with E-state index in [1.807, 2.05) is 11.8 Å². The summed E-state index contributed by atoms with van der Waals surface area (Å²) in [6.45, 7) is 0.756. The first kappa shape index (κ1) is 11.1. The lowest BCUT2D eigenvalue weighted by Gasteiger charge is -2.21. The Kier molecular flexibility index (Phi) is 2.82. The fourth-order valence-electron chi connectivity index (χ4n) is 2.58. The van der Waals surface area contributed by atoms with Crippen LogP contribution in [0, 0.1) is 5.92 Å². The lowest BCUT2D eigenvalue weighted by molar-refractivity contribution is -0.142. The van der Waals surface area contributed by atoms with E-state index in [2.05, 4.69) is 14.8 Å². The van der Waals surface area contributed by atoms with Gasteiger partial charge < -0.3 is 9.67 Å². The number of carboxylic acids is 1. The lowest BCUT2D eigenvalue weighted by atomic mass is 9.98. The van der Waals surface area contributed by atoms with Crippen molar-refractivity contribution in [1.29, 1.82) is 0 Å². The third-order valence-corrected chi connectivity index (χ3v) is 4.93. The van der Waals surface area contributed by atoms with Gasteiger partial charge >= 0.3 is 5.97 Å². The molecule has 1 fully saturated rings. The molecule has 2 unspecified atom stereocenters. The standard InChI is InChI=1S/C11H15N3O2S/c15-11(16)7-3-4-14-9(6-7)12-13-10(14)8-2-1-5-17-8/h7-8H,1-6H2,(H,15,16). The number of thioether (sulfide) groups is 1. The average molecular weight is 253 g/mol. The smallest absolute Gasteiger partial charge is 0.307 e. The third-order valence-electron chi connectivity index (χ3n) is 3.55. The largest absolute Gasteiger partial charge is 0.481 e. The second kappa shape index (κ2) is 4.33. The number of hydrogen-bond donors (Lipinski definition) is 1. The van der Waals surface area contributed by atoms with Gasteiger partial charge in [0.25, 0.3) is 0 Å². The van der Waals surface area contributed by atoms with E-state index in [1.54, 1.807) is 0 Å². The molecule has 1 saturated heterocycles. The molecule has 0 amide bonds. The van der Waals surface area contributed by atoms with Crippen LogP contribution < -0.4 is 0 Å². The third kappa shape index (κ3) is 1.94. The molecule has 3 rings (SSSR count). The van der Waals surface area contributed by atoms with Gasteiger partial charge in [-0.1, -0.05) is 0 Å². The van der Waals surface area contributed by atoms with Crippen LogP contribution in [0.1, 0.15) is 36.2 Å². The summed E-state index contributed by atoms with van der Waals surface area (Å²) in [5, 5.41) is 17.9. The van der Waals surface area contributed by atoms with Gasteiger partial charge in [-0.25, -0.2) is 0 Å². The number of carboxylic acid groups (broad SMARTS) is 1. The van der Waals surface area contributed by atoms with Crippen LogP contribution in [0.4, 0.5) is 0 Å². The van der Waals surface area contributed by atoms with Gasteiger partial charge in [0.1, 0.15) is 11.6 Å². The molecule has 92 valence electrons. The molecular formula is C11H15N3O2S. The number of fused-ring (bicyclic) bond motifs is 1. The van der Waals surface area contributed by atoms with E-state index in [0.717, 1.165) is 18.2 Å². The van der Waals surface area contributed by atoms with Crippen molar-refractivity contribution < 1.29 is 9.90 Å². The molecule has 0 bridgehead atoms. The van der Waals surface area contributed by atoms with Gasteiger partial charge in [0.05, 0.1) is 11.2 Å². The molecule has 0 aromatic carbocycles. The van der Waals surface area contributed by atoms with Gasteiger partial charge in [0.15, 0.2) is 0 Å². The summed E-state index contributed by atoms with van der Waals surface area (Å²) >= 11 is 1.94. The zero-order valence-corrected chi connectivity index (χ0v) is 10.3. The maximum absolute atomic E-state index is 11.0. The number of aromatic nitrogens is 3.